The van der Waals surface area contributed by atoms with Gasteiger partial charge in [-0.25, -0.2) is 17.2 Å². The zero-order chi connectivity index (χ0) is 20.6. The van der Waals surface area contributed by atoms with Gasteiger partial charge in [0.05, 0.1) is 17.0 Å². The maximum Gasteiger partial charge on any atom is 0.263 e. The molecule has 1 aliphatic rings. The first-order valence-electron chi connectivity index (χ1n) is 8.84. The van der Waals surface area contributed by atoms with Crippen molar-refractivity contribution in [1.82, 2.24) is 5.32 Å². The highest BCUT2D eigenvalue weighted by Crippen LogP contribution is 2.34. The number of sulfonamides is 1. The number of alkyl halides is 1. The molecule has 0 unspecified atom stereocenters. The summed E-state index contributed by atoms with van der Waals surface area (Å²) in [7, 11) is -4.17. The average Bonchev–Trinajstić information content (AvgIpc) is 3.14. The standard InChI is InChI=1S/C19H17ClF2N2O4S/c20-14-2-1-12(21)8-18(14)29(25,26)24-13-7-11-4-6-27-19(11)17(9-13)28-16-3-5-23-10-15(16)22/h1-2,4,6-9,15-16,23-24H,3,5,10H2/t15-,16-/m1/s1. The number of nitrogens with one attached hydrogen (secondary N) is 2. The van der Waals surface area contributed by atoms with Crippen molar-refractivity contribution in [1.29, 1.82) is 0 Å². The first-order chi connectivity index (χ1) is 13.8. The summed E-state index contributed by atoms with van der Waals surface area (Å²) >= 11 is 5.93. The monoisotopic (exact) mass is 442 g/mol. The zero-order valence-electron chi connectivity index (χ0n) is 15.0. The summed E-state index contributed by atoms with van der Waals surface area (Å²) < 4.78 is 66.7. The lowest BCUT2D eigenvalue weighted by atomic mass is 10.1. The van der Waals surface area contributed by atoms with E-state index in [4.69, 9.17) is 20.8 Å². The Bertz CT molecular complexity index is 1150. The zero-order valence-corrected chi connectivity index (χ0v) is 16.6. The number of ether oxygens (including phenoxy) is 1. The minimum absolute atomic E-state index is 0.116. The van der Waals surface area contributed by atoms with Gasteiger partial charge in [-0.15, -0.1) is 0 Å². The molecule has 4 rings (SSSR count). The molecular weight excluding hydrogens is 426 g/mol. The van der Waals surface area contributed by atoms with Crippen molar-refractivity contribution in [2.75, 3.05) is 17.8 Å². The summed E-state index contributed by atoms with van der Waals surface area (Å²) in [6.45, 7) is 0.785. The van der Waals surface area contributed by atoms with Crippen LogP contribution in [0.3, 0.4) is 0 Å². The molecule has 0 radical (unpaired) electrons. The van der Waals surface area contributed by atoms with Crippen molar-refractivity contribution in [3.8, 4) is 5.75 Å². The molecule has 10 heteroatoms. The Labute approximate surface area is 170 Å². The molecule has 0 bridgehead atoms. The van der Waals surface area contributed by atoms with Crippen LogP contribution in [0.25, 0.3) is 11.0 Å². The van der Waals surface area contributed by atoms with Crippen LogP contribution < -0.4 is 14.8 Å². The van der Waals surface area contributed by atoms with Gasteiger partial charge in [0, 0.05) is 18.0 Å². The fraction of sp³-hybridized carbons (Fsp3) is 0.263. The van der Waals surface area contributed by atoms with Crippen LogP contribution in [0.4, 0.5) is 14.5 Å². The number of halogens is 3. The van der Waals surface area contributed by atoms with Gasteiger partial charge < -0.3 is 14.5 Å². The average molecular weight is 443 g/mol. The summed E-state index contributed by atoms with van der Waals surface area (Å²) in [6, 6.07) is 7.64. The van der Waals surface area contributed by atoms with Crippen LogP contribution in [0.2, 0.25) is 5.02 Å². The van der Waals surface area contributed by atoms with Crippen molar-refractivity contribution in [2.24, 2.45) is 0 Å². The number of piperidine rings is 1. The quantitative estimate of drug-likeness (QED) is 0.621. The molecule has 154 valence electrons. The predicted molar refractivity (Wildman–Crippen MR) is 105 cm³/mol. The lowest BCUT2D eigenvalue weighted by Crippen LogP contribution is -2.44. The molecule has 0 amide bonds. The second-order valence-electron chi connectivity index (χ2n) is 6.66. The summed E-state index contributed by atoms with van der Waals surface area (Å²) in [5, 5.41) is 3.39. The third kappa shape index (κ3) is 4.17. The van der Waals surface area contributed by atoms with Gasteiger partial charge in [-0.05, 0) is 43.3 Å². The lowest BCUT2D eigenvalue weighted by molar-refractivity contribution is 0.0736. The summed E-state index contributed by atoms with van der Waals surface area (Å²) in [5.41, 5.74) is 0.529. The molecule has 0 aliphatic carbocycles. The third-order valence-electron chi connectivity index (χ3n) is 4.58. The molecule has 29 heavy (non-hydrogen) atoms. The number of hydrogen-bond acceptors (Lipinski definition) is 5. The molecule has 1 aliphatic heterocycles. The van der Waals surface area contributed by atoms with Crippen molar-refractivity contribution < 1.29 is 26.4 Å². The Morgan fingerprint density at radius 1 is 1.24 bits per heavy atom. The number of furan rings is 1. The molecule has 0 spiro atoms. The maximum absolute atomic E-state index is 14.2. The molecule has 2 atom stereocenters. The number of rotatable bonds is 5. The predicted octanol–water partition coefficient (Wildman–Crippen LogP) is 4.10. The number of benzene rings is 2. The Morgan fingerprint density at radius 3 is 2.86 bits per heavy atom. The van der Waals surface area contributed by atoms with E-state index in [0.717, 1.165) is 18.2 Å². The number of anilines is 1. The molecule has 1 fully saturated rings. The van der Waals surface area contributed by atoms with Crippen LogP contribution in [0.5, 0.6) is 5.75 Å². The molecule has 1 aromatic heterocycles. The Kier molecular flexibility index (Phi) is 5.37. The van der Waals surface area contributed by atoms with Gasteiger partial charge in [-0.3, -0.25) is 4.72 Å². The van der Waals surface area contributed by atoms with Crippen molar-refractivity contribution >= 4 is 38.3 Å². The van der Waals surface area contributed by atoms with Crippen molar-refractivity contribution in [3.63, 3.8) is 0 Å². The second kappa shape index (κ2) is 7.81. The fourth-order valence-corrected chi connectivity index (χ4v) is 4.73. The summed E-state index contributed by atoms with van der Waals surface area (Å²) in [5.74, 6) is -0.519. The van der Waals surface area contributed by atoms with E-state index in [1.807, 2.05) is 0 Å². The van der Waals surface area contributed by atoms with Crippen molar-refractivity contribution in [2.45, 2.75) is 23.6 Å². The molecule has 2 aromatic carbocycles. The minimum atomic E-state index is -4.17. The first-order valence-corrected chi connectivity index (χ1v) is 10.7. The van der Waals surface area contributed by atoms with E-state index in [1.165, 1.54) is 18.4 Å². The van der Waals surface area contributed by atoms with Gasteiger partial charge in [-0.1, -0.05) is 11.6 Å². The van der Waals surface area contributed by atoms with Gasteiger partial charge in [0.2, 0.25) is 0 Å². The van der Waals surface area contributed by atoms with E-state index in [9.17, 15) is 17.2 Å². The Morgan fingerprint density at radius 2 is 2.07 bits per heavy atom. The normalized spacial score (nSPS) is 20.0. The van der Waals surface area contributed by atoms with E-state index in [0.29, 0.717) is 23.9 Å². The smallest absolute Gasteiger partial charge is 0.263 e. The molecule has 1 saturated heterocycles. The minimum Gasteiger partial charge on any atom is -0.483 e. The molecule has 2 N–H and O–H groups in total. The van der Waals surface area contributed by atoms with Gasteiger partial charge >= 0.3 is 0 Å². The van der Waals surface area contributed by atoms with Crippen molar-refractivity contribution in [3.05, 3.63) is 53.5 Å². The van der Waals surface area contributed by atoms with Gasteiger partial charge in [0.25, 0.3) is 10.0 Å². The van der Waals surface area contributed by atoms with Crippen LogP contribution in [0, 0.1) is 5.82 Å². The van der Waals surface area contributed by atoms with Crippen LogP contribution in [0.1, 0.15) is 6.42 Å². The molecule has 2 heterocycles. The Hall–Kier alpha value is -2.36. The summed E-state index contributed by atoms with van der Waals surface area (Å²) in [6.07, 6.45) is -0.0124. The van der Waals surface area contributed by atoms with Crippen LogP contribution in [-0.4, -0.2) is 33.8 Å². The maximum atomic E-state index is 14.2. The van der Waals surface area contributed by atoms with E-state index in [2.05, 4.69) is 10.0 Å². The SMILES string of the molecule is O=S(=O)(Nc1cc(O[C@@H]2CCNC[C@H]2F)c2occc2c1)c1cc(F)ccc1Cl. The number of fused-ring (bicyclic) bond motifs is 1. The Balaban J connectivity index is 1.68. The van der Waals surface area contributed by atoms with Crippen LogP contribution in [-0.2, 0) is 10.0 Å². The highest BCUT2D eigenvalue weighted by Gasteiger charge is 2.28. The van der Waals surface area contributed by atoms with Gasteiger partial charge in [0.1, 0.15) is 23.0 Å². The molecule has 3 aromatic rings. The van der Waals surface area contributed by atoms with E-state index in [1.54, 1.807) is 6.07 Å². The van der Waals surface area contributed by atoms with Gasteiger partial charge in [0.15, 0.2) is 11.3 Å². The number of hydrogen-bond donors (Lipinski definition) is 2. The van der Waals surface area contributed by atoms with Gasteiger partial charge in [-0.2, -0.15) is 0 Å². The molecular formula is C19H17ClF2N2O4S. The lowest BCUT2D eigenvalue weighted by Gasteiger charge is -2.27. The second-order valence-corrected chi connectivity index (χ2v) is 8.72. The van der Waals surface area contributed by atoms with E-state index in [-0.39, 0.29) is 23.0 Å². The first kappa shape index (κ1) is 19.9. The summed E-state index contributed by atoms with van der Waals surface area (Å²) in [4.78, 5) is -0.392. The van der Waals surface area contributed by atoms with Crippen LogP contribution in [0.15, 0.2) is 52.0 Å². The molecule has 6 nitrogen and oxygen atoms in total. The topological polar surface area (TPSA) is 80.6 Å². The fourth-order valence-electron chi connectivity index (χ4n) is 3.18. The van der Waals surface area contributed by atoms with Crippen LogP contribution >= 0.6 is 11.6 Å². The van der Waals surface area contributed by atoms with E-state index >= 15 is 0 Å². The highest BCUT2D eigenvalue weighted by molar-refractivity contribution is 7.92. The highest BCUT2D eigenvalue weighted by atomic mass is 35.5. The largest absolute Gasteiger partial charge is 0.483 e. The molecule has 0 saturated carbocycles. The third-order valence-corrected chi connectivity index (χ3v) is 6.44. The van der Waals surface area contributed by atoms with E-state index < -0.39 is 33.0 Å².